The number of carbonyl (C=O) groups excluding carboxylic acids is 3. The molecule has 0 aromatic heterocycles. The molecule has 0 saturated carbocycles. The van der Waals surface area contributed by atoms with E-state index in [1.807, 2.05) is 0 Å². The molecule has 0 aliphatic carbocycles. The van der Waals surface area contributed by atoms with E-state index in [0.29, 0.717) is 12.8 Å². The molecule has 2 unspecified atom stereocenters. The third kappa shape index (κ3) is 43.3. The number of rotatable bonds is 43. The Hall–Kier alpha value is -4.01. The van der Waals surface area contributed by atoms with Gasteiger partial charge in [0.15, 0.2) is 6.10 Å². The Labute approximate surface area is 391 Å². The smallest absolute Gasteiger partial charge is 0.306 e. The molecule has 0 amide bonds. The molecule has 0 radical (unpaired) electrons. The highest BCUT2D eigenvalue weighted by molar-refractivity contribution is 5.70. The average molecular weight is 890 g/mol. The number of hydrogen-bond donors (Lipinski definition) is 0. The van der Waals surface area contributed by atoms with Gasteiger partial charge in [0, 0.05) is 19.3 Å². The molecular weight excluding hydrogens is 799 g/mol. The van der Waals surface area contributed by atoms with Crippen LogP contribution < -0.4 is 5.11 Å². The van der Waals surface area contributed by atoms with E-state index < -0.39 is 18.1 Å². The molecule has 0 N–H and O–H groups in total. The number of esters is 2. The number of allylic oxidation sites excluding steroid dienone is 18. The van der Waals surface area contributed by atoms with Gasteiger partial charge in [-0.2, -0.15) is 0 Å². The van der Waals surface area contributed by atoms with Crippen LogP contribution in [-0.4, -0.2) is 75.5 Å². The van der Waals surface area contributed by atoms with E-state index in [1.165, 1.54) is 51.4 Å². The number of carboxylic acid groups (broad SMARTS) is 1. The zero-order chi connectivity index (χ0) is 47.0. The normalized spacial score (nSPS) is 13.8. The van der Waals surface area contributed by atoms with Crippen molar-refractivity contribution in [3.05, 3.63) is 109 Å². The van der Waals surface area contributed by atoms with E-state index in [9.17, 15) is 19.5 Å². The third-order valence-corrected chi connectivity index (χ3v) is 10.4. The molecule has 2 atom stereocenters. The molecule has 0 saturated heterocycles. The highest BCUT2D eigenvalue weighted by Crippen LogP contribution is 2.13. The van der Waals surface area contributed by atoms with Crippen LogP contribution in [0.25, 0.3) is 0 Å². The first-order valence-corrected chi connectivity index (χ1v) is 24.9. The van der Waals surface area contributed by atoms with Crippen LogP contribution in [0.3, 0.4) is 0 Å². The van der Waals surface area contributed by atoms with Gasteiger partial charge in [0.05, 0.1) is 40.3 Å². The zero-order valence-corrected chi connectivity index (χ0v) is 41.2. The fourth-order valence-electron chi connectivity index (χ4n) is 6.56. The number of nitrogens with zero attached hydrogens (tertiary/aromatic N) is 1. The van der Waals surface area contributed by atoms with Gasteiger partial charge in [-0.25, -0.2) is 0 Å². The minimum atomic E-state index is -1.14. The summed E-state index contributed by atoms with van der Waals surface area (Å²) in [6.07, 6.45) is 62.6. The van der Waals surface area contributed by atoms with Gasteiger partial charge >= 0.3 is 11.9 Å². The Balaban J connectivity index is 4.43. The van der Waals surface area contributed by atoms with Gasteiger partial charge in [0.1, 0.15) is 12.6 Å². The lowest BCUT2D eigenvalue weighted by molar-refractivity contribution is -0.889. The lowest BCUT2D eigenvalue weighted by atomic mass is 10.1. The number of quaternary nitrogens is 1. The van der Waals surface area contributed by atoms with E-state index in [2.05, 4.69) is 123 Å². The van der Waals surface area contributed by atoms with Crippen LogP contribution >= 0.6 is 0 Å². The quantitative estimate of drug-likeness (QED) is 0.0260. The molecule has 0 heterocycles. The molecular formula is C56H91NO7. The second-order valence-electron chi connectivity index (χ2n) is 17.3. The first kappa shape index (κ1) is 60.0. The first-order chi connectivity index (χ1) is 31.1. The lowest BCUT2D eigenvalue weighted by Crippen LogP contribution is -2.55. The van der Waals surface area contributed by atoms with E-state index in [-0.39, 0.29) is 49.1 Å². The van der Waals surface area contributed by atoms with Gasteiger partial charge in [-0.3, -0.25) is 9.59 Å². The van der Waals surface area contributed by atoms with Crippen LogP contribution in [0.2, 0.25) is 0 Å². The van der Waals surface area contributed by atoms with E-state index in [4.69, 9.17) is 14.2 Å². The summed E-state index contributed by atoms with van der Waals surface area (Å²) < 4.78 is 17.1. The Morgan fingerprint density at radius 2 is 0.891 bits per heavy atom. The minimum Gasteiger partial charge on any atom is -0.544 e. The van der Waals surface area contributed by atoms with Crippen LogP contribution in [0, 0.1) is 0 Å². The number of ether oxygens (including phenoxy) is 3. The van der Waals surface area contributed by atoms with Gasteiger partial charge in [0.2, 0.25) is 0 Å². The number of aliphatic carboxylic acids is 1. The summed E-state index contributed by atoms with van der Waals surface area (Å²) in [4.78, 5) is 37.0. The predicted octanol–water partition coefficient (Wildman–Crippen LogP) is 13.1. The first-order valence-electron chi connectivity index (χ1n) is 24.9. The SMILES string of the molecule is CC/C=C/C/C=C/C/C=C/C/C=C/C/C=C/C/C=C/C/C=C/CCCC(=O)OC(COCCC(C(=O)[O-])[N+](C)(C)C)COC(=O)CCCCCCCCC/C=C/C/C=C/CCCCC. The number of carboxylic acids is 1. The maximum absolute atomic E-state index is 12.8. The molecule has 0 fully saturated rings. The molecule has 64 heavy (non-hydrogen) atoms. The van der Waals surface area contributed by atoms with Crippen molar-refractivity contribution >= 4 is 17.9 Å². The Morgan fingerprint density at radius 3 is 1.34 bits per heavy atom. The lowest BCUT2D eigenvalue weighted by Gasteiger charge is -2.34. The van der Waals surface area contributed by atoms with Gasteiger partial charge in [-0.1, -0.05) is 168 Å². The van der Waals surface area contributed by atoms with Crippen molar-refractivity contribution in [3.8, 4) is 0 Å². The van der Waals surface area contributed by atoms with E-state index >= 15 is 0 Å². The molecule has 0 bridgehead atoms. The van der Waals surface area contributed by atoms with Gasteiger partial charge in [-0.05, 0) is 96.3 Å². The maximum Gasteiger partial charge on any atom is 0.306 e. The van der Waals surface area contributed by atoms with Crippen molar-refractivity contribution in [2.45, 2.75) is 187 Å². The fraction of sp³-hybridized carbons (Fsp3) is 0.625. The van der Waals surface area contributed by atoms with Gasteiger partial charge in [-0.15, -0.1) is 0 Å². The summed E-state index contributed by atoms with van der Waals surface area (Å²) in [6, 6.07) is -0.745. The van der Waals surface area contributed by atoms with Gasteiger partial charge in [0.25, 0.3) is 0 Å². The van der Waals surface area contributed by atoms with Crippen molar-refractivity contribution in [1.82, 2.24) is 0 Å². The fourth-order valence-corrected chi connectivity index (χ4v) is 6.56. The highest BCUT2D eigenvalue weighted by atomic mass is 16.6. The van der Waals surface area contributed by atoms with Crippen molar-refractivity contribution in [2.75, 3.05) is 41.0 Å². The Bertz CT molecular complexity index is 1410. The Morgan fingerprint density at radius 1 is 0.484 bits per heavy atom. The second kappa shape index (κ2) is 45.6. The van der Waals surface area contributed by atoms with Crippen LogP contribution in [0.5, 0.6) is 0 Å². The van der Waals surface area contributed by atoms with Crippen molar-refractivity contribution < 1.29 is 38.2 Å². The van der Waals surface area contributed by atoms with Gasteiger partial charge < -0.3 is 28.6 Å². The number of carbonyl (C=O) groups is 3. The number of unbranched alkanes of at least 4 members (excludes halogenated alkanes) is 11. The summed E-state index contributed by atoms with van der Waals surface area (Å²) in [7, 11) is 5.38. The molecule has 8 nitrogen and oxygen atoms in total. The number of hydrogen-bond acceptors (Lipinski definition) is 7. The molecule has 0 rings (SSSR count). The van der Waals surface area contributed by atoms with E-state index in [0.717, 1.165) is 83.5 Å². The average Bonchev–Trinajstić information content (AvgIpc) is 3.26. The summed E-state index contributed by atoms with van der Waals surface area (Å²) in [6.45, 7) is 4.44. The van der Waals surface area contributed by atoms with Crippen LogP contribution in [-0.2, 0) is 28.6 Å². The van der Waals surface area contributed by atoms with Crippen molar-refractivity contribution in [2.24, 2.45) is 0 Å². The summed E-state index contributed by atoms with van der Waals surface area (Å²) >= 11 is 0. The molecule has 362 valence electrons. The number of likely N-dealkylation sites (N-methyl/N-ethyl adjacent to an activating group) is 1. The van der Waals surface area contributed by atoms with Crippen LogP contribution in [0.1, 0.15) is 174 Å². The molecule has 8 heteroatoms. The predicted molar refractivity (Wildman–Crippen MR) is 268 cm³/mol. The maximum atomic E-state index is 12.8. The van der Waals surface area contributed by atoms with Crippen LogP contribution in [0.4, 0.5) is 0 Å². The highest BCUT2D eigenvalue weighted by Gasteiger charge is 2.25. The second-order valence-corrected chi connectivity index (χ2v) is 17.3. The van der Waals surface area contributed by atoms with Crippen molar-refractivity contribution in [1.29, 1.82) is 0 Å². The standard InChI is InChI=1S/C56H91NO7/c1-6-8-10-12-14-16-18-20-22-24-25-26-27-28-29-31-33-35-37-39-41-43-45-47-55(59)64-52(50-62-49-48-53(56(60)61)57(3,4)5)51-63-54(58)46-44-42-40-38-36-34-32-30-23-21-19-17-15-13-11-9-7-2/h8,10,14-17,20-23,25-26,28-29,33,35,39,41,52-53H,6-7,9,11-13,18-19,24,27,30-32,34,36-38,40,42-51H2,1-5H3/b10-8+,16-14+,17-15+,22-20+,23-21+,26-25+,29-28+,35-33+,41-39+. The molecule has 0 spiro atoms. The zero-order valence-electron chi connectivity index (χ0n) is 41.2. The Kier molecular flexibility index (Phi) is 42.7. The minimum absolute atomic E-state index is 0.00769. The molecule has 0 aromatic rings. The molecule has 0 aromatic carbocycles. The monoisotopic (exact) mass is 890 g/mol. The largest absolute Gasteiger partial charge is 0.544 e. The summed E-state index contributed by atoms with van der Waals surface area (Å²) in [5, 5.41) is 11.7. The molecule has 0 aliphatic heterocycles. The van der Waals surface area contributed by atoms with Crippen LogP contribution in [0.15, 0.2) is 109 Å². The summed E-state index contributed by atoms with van der Waals surface area (Å²) in [5.74, 6) is -1.84. The third-order valence-electron chi connectivity index (χ3n) is 10.4. The van der Waals surface area contributed by atoms with Crippen molar-refractivity contribution in [3.63, 3.8) is 0 Å². The molecule has 0 aliphatic rings. The summed E-state index contributed by atoms with van der Waals surface area (Å²) in [5.41, 5.74) is 0. The topological polar surface area (TPSA) is 102 Å². The van der Waals surface area contributed by atoms with E-state index in [1.54, 1.807) is 21.1 Å².